The molecule has 0 aromatic carbocycles. The Morgan fingerprint density at radius 2 is 2.05 bits per heavy atom. The number of aromatic nitrogens is 2. The third-order valence-electron chi connectivity index (χ3n) is 3.23. The molecule has 2 heterocycles. The van der Waals surface area contributed by atoms with Gasteiger partial charge in [-0.3, -0.25) is 14.4 Å². The van der Waals surface area contributed by atoms with Crippen molar-refractivity contribution in [3.8, 4) is 0 Å². The van der Waals surface area contributed by atoms with Gasteiger partial charge in [0, 0.05) is 13.1 Å². The molecule has 1 aromatic heterocycles. The molecule has 7 heteroatoms. The Kier molecular flexibility index (Phi) is 3.64. The minimum atomic E-state index is -0.516. The summed E-state index contributed by atoms with van der Waals surface area (Å²) in [6, 6.07) is 0. The van der Waals surface area contributed by atoms with E-state index >= 15 is 0 Å². The SMILES string of the molecule is Cc1n[nH]c(=O)c(C(=O)N2CCCNC(=O)C2)c1C. The van der Waals surface area contributed by atoms with Gasteiger partial charge in [-0.15, -0.1) is 0 Å². The van der Waals surface area contributed by atoms with Crippen LogP contribution in [0, 0.1) is 13.8 Å². The fourth-order valence-electron chi connectivity index (χ4n) is 2.02. The second-order valence-electron chi connectivity index (χ2n) is 4.57. The molecule has 1 saturated heterocycles. The van der Waals surface area contributed by atoms with Gasteiger partial charge in [0.25, 0.3) is 11.5 Å². The van der Waals surface area contributed by atoms with E-state index in [1.165, 1.54) is 4.90 Å². The number of nitrogens with one attached hydrogen (secondary N) is 2. The molecule has 0 atom stereocenters. The number of amides is 2. The zero-order chi connectivity index (χ0) is 14.0. The maximum absolute atomic E-state index is 12.4. The van der Waals surface area contributed by atoms with Crippen LogP contribution in [0.2, 0.25) is 0 Å². The average Bonchev–Trinajstić information content (AvgIpc) is 2.59. The first kappa shape index (κ1) is 13.3. The van der Waals surface area contributed by atoms with Gasteiger partial charge in [0.15, 0.2) is 0 Å². The van der Waals surface area contributed by atoms with Crippen LogP contribution >= 0.6 is 0 Å². The van der Waals surface area contributed by atoms with E-state index in [0.717, 1.165) is 0 Å². The van der Waals surface area contributed by atoms with E-state index in [-0.39, 0.29) is 18.0 Å². The van der Waals surface area contributed by atoms with Crippen molar-refractivity contribution in [1.82, 2.24) is 20.4 Å². The normalized spacial score (nSPS) is 15.9. The first-order valence-electron chi connectivity index (χ1n) is 6.12. The van der Waals surface area contributed by atoms with Crippen molar-refractivity contribution >= 4 is 11.8 Å². The maximum Gasteiger partial charge on any atom is 0.277 e. The van der Waals surface area contributed by atoms with Crippen LogP contribution in [0.1, 0.15) is 28.0 Å². The van der Waals surface area contributed by atoms with E-state index in [4.69, 9.17) is 0 Å². The summed E-state index contributed by atoms with van der Waals surface area (Å²) in [6.45, 7) is 4.39. The lowest BCUT2D eigenvalue weighted by Gasteiger charge is -2.19. The largest absolute Gasteiger partial charge is 0.354 e. The fraction of sp³-hybridized carbons (Fsp3) is 0.500. The van der Waals surface area contributed by atoms with Crippen LogP contribution in [0.3, 0.4) is 0 Å². The maximum atomic E-state index is 12.4. The molecule has 0 saturated carbocycles. The predicted molar refractivity (Wildman–Crippen MR) is 67.9 cm³/mol. The van der Waals surface area contributed by atoms with Crippen LogP contribution in [0.4, 0.5) is 0 Å². The fourth-order valence-corrected chi connectivity index (χ4v) is 2.02. The number of hydrogen-bond acceptors (Lipinski definition) is 4. The van der Waals surface area contributed by atoms with E-state index in [1.54, 1.807) is 13.8 Å². The lowest BCUT2D eigenvalue weighted by atomic mass is 10.1. The topological polar surface area (TPSA) is 95.2 Å². The van der Waals surface area contributed by atoms with Crippen LogP contribution in [0.25, 0.3) is 0 Å². The number of aromatic amines is 1. The molecule has 1 aliphatic rings. The highest BCUT2D eigenvalue weighted by molar-refractivity contribution is 5.97. The monoisotopic (exact) mass is 264 g/mol. The number of H-pyrrole nitrogens is 1. The molecule has 2 rings (SSSR count). The molecule has 2 amide bonds. The number of carbonyl (C=O) groups excluding carboxylic acids is 2. The molecule has 7 nitrogen and oxygen atoms in total. The molecule has 0 aliphatic carbocycles. The number of hydrogen-bond donors (Lipinski definition) is 2. The molecule has 2 N–H and O–H groups in total. The molecule has 0 bridgehead atoms. The Hall–Kier alpha value is -2.18. The van der Waals surface area contributed by atoms with Crippen LogP contribution in [0.15, 0.2) is 4.79 Å². The van der Waals surface area contributed by atoms with Gasteiger partial charge >= 0.3 is 0 Å². The minimum Gasteiger partial charge on any atom is -0.354 e. The Balaban J connectivity index is 2.36. The highest BCUT2D eigenvalue weighted by Crippen LogP contribution is 2.09. The van der Waals surface area contributed by atoms with Gasteiger partial charge in [-0.1, -0.05) is 0 Å². The molecule has 19 heavy (non-hydrogen) atoms. The summed E-state index contributed by atoms with van der Waals surface area (Å²) in [5.41, 5.74) is 0.709. The van der Waals surface area contributed by atoms with Crippen LogP contribution < -0.4 is 10.9 Å². The Labute approximate surface area is 110 Å². The summed E-state index contributed by atoms with van der Waals surface area (Å²) < 4.78 is 0. The van der Waals surface area contributed by atoms with Crippen molar-refractivity contribution in [2.24, 2.45) is 0 Å². The summed E-state index contributed by atoms with van der Waals surface area (Å²) in [4.78, 5) is 37.0. The van der Waals surface area contributed by atoms with Crippen LogP contribution in [-0.4, -0.2) is 46.5 Å². The highest BCUT2D eigenvalue weighted by atomic mass is 16.2. The van der Waals surface area contributed by atoms with Gasteiger partial charge < -0.3 is 10.2 Å². The Morgan fingerprint density at radius 3 is 2.79 bits per heavy atom. The molecule has 0 unspecified atom stereocenters. The lowest BCUT2D eigenvalue weighted by molar-refractivity contribution is -0.121. The van der Waals surface area contributed by atoms with Crippen molar-refractivity contribution in [3.63, 3.8) is 0 Å². The minimum absolute atomic E-state index is 0.0148. The summed E-state index contributed by atoms with van der Waals surface area (Å²) in [7, 11) is 0. The molecule has 102 valence electrons. The quantitative estimate of drug-likeness (QED) is 0.704. The standard InChI is InChI=1S/C12H16N4O3/c1-7-8(2)14-15-11(18)10(7)12(19)16-5-3-4-13-9(17)6-16/h3-6H2,1-2H3,(H,13,17)(H,15,18). The second-order valence-corrected chi connectivity index (χ2v) is 4.57. The number of carbonyl (C=O) groups is 2. The predicted octanol–water partition coefficient (Wildman–Crippen LogP) is -0.651. The summed E-state index contributed by atoms with van der Waals surface area (Å²) in [5.74, 6) is -0.619. The molecule has 1 aliphatic heterocycles. The number of aryl methyl sites for hydroxylation is 1. The van der Waals surface area contributed by atoms with E-state index < -0.39 is 11.5 Å². The molecule has 1 fully saturated rings. The van der Waals surface area contributed by atoms with Crippen molar-refractivity contribution in [2.75, 3.05) is 19.6 Å². The molecule has 0 spiro atoms. The average molecular weight is 264 g/mol. The van der Waals surface area contributed by atoms with Crippen molar-refractivity contribution < 1.29 is 9.59 Å². The Morgan fingerprint density at radius 1 is 1.32 bits per heavy atom. The van der Waals surface area contributed by atoms with Crippen molar-refractivity contribution in [3.05, 3.63) is 27.2 Å². The zero-order valence-electron chi connectivity index (χ0n) is 10.9. The van der Waals surface area contributed by atoms with E-state index in [9.17, 15) is 14.4 Å². The lowest BCUT2D eigenvalue weighted by Crippen LogP contribution is -2.40. The first-order chi connectivity index (χ1) is 9.00. The second kappa shape index (κ2) is 5.21. The van der Waals surface area contributed by atoms with E-state index in [0.29, 0.717) is 30.8 Å². The van der Waals surface area contributed by atoms with Gasteiger partial charge in [-0.25, -0.2) is 5.10 Å². The van der Waals surface area contributed by atoms with E-state index in [1.807, 2.05) is 0 Å². The number of rotatable bonds is 1. The van der Waals surface area contributed by atoms with Gasteiger partial charge in [0.2, 0.25) is 5.91 Å². The third-order valence-corrected chi connectivity index (χ3v) is 3.23. The smallest absolute Gasteiger partial charge is 0.277 e. The molecular weight excluding hydrogens is 248 g/mol. The molecular formula is C12H16N4O3. The molecule has 1 aromatic rings. The van der Waals surface area contributed by atoms with E-state index in [2.05, 4.69) is 15.5 Å². The van der Waals surface area contributed by atoms with Crippen molar-refractivity contribution in [1.29, 1.82) is 0 Å². The molecule has 0 radical (unpaired) electrons. The third kappa shape index (κ3) is 2.64. The van der Waals surface area contributed by atoms with Crippen LogP contribution in [0.5, 0.6) is 0 Å². The van der Waals surface area contributed by atoms with Gasteiger partial charge in [0.05, 0.1) is 12.2 Å². The van der Waals surface area contributed by atoms with Gasteiger partial charge in [0.1, 0.15) is 5.56 Å². The zero-order valence-corrected chi connectivity index (χ0v) is 10.9. The van der Waals surface area contributed by atoms with Crippen LogP contribution in [-0.2, 0) is 4.79 Å². The highest BCUT2D eigenvalue weighted by Gasteiger charge is 2.25. The summed E-state index contributed by atoms with van der Waals surface area (Å²) >= 11 is 0. The summed E-state index contributed by atoms with van der Waals surface area (Å²) in [5, 5.41) is 8.80. The first-order valence-corrected chi connectivity index (χ1v) is 6.12. The van der Waals surface area contributed by atoms with Gasteiger partial charge in [-0.05, 0) is 25.8 Å². The van der Waals surface area contributed by atoms with Gasteiger partial charge in [-0.2, -0.15) is 5.10 Å². The number of nitrogens with zero attached hydrogens (tertiary/aromatic N) is 2. The van der Waals surface area contributed by atoms with Crippen molar-refractivity contribution in [2.45, 2.75) is 20.3 Å². The Bertz CT molecular complexity index is 579. The summed E-state index contributed by atoms with van der Waals surface area (Å²) in [6.07, 6.45) is 0.679.